The highest BCUT2D eigenvalue weighted by molar-refractivity contribution is 7.92. The monoisotopic (exact) mass is 404 g/mol. The fraction of sp³-hybridized carbons (Fsp3) is 0.350. The van der Waals surface area contributed by atoms with Gasteiger partial charge in [-0.05, 0) is 30.7 Å². The van der Waals surface area contributed by atoms with Crippen molar-refractivity contribution >= 4 is 21.6 Å². The van der Waals surface area contributed by atoms with Crippen LogP contribution in [0.5, 0.6) is 11.5 Å². The Hall–Kier alpha value is -2.74. The Morgan fingerprint density at radius 3 is 2.43 bits per heavy atom. The lowest BCUT2D eigenvalue weighted by atomic mass is 10.2. The zero-order valence-electron chi connectivity index (χ0n) is 15.9. The van der Waals surface area contributed by atoms with Gasteiger partial charge in [-0.3, -0.25) is 9.10 Å². The molecule has 0 saturated heterocycles. The first-order valence-corrected chi connectivity index (χ1v) is 11.0. The van der Waals surface area contributed by atoms with Crippen molar-refractivity contribution in [1.82, 2.24) is 5.32 Å². The number of fused-ring (bicyclic) bond motifs is 1. The molecule has 0 fully saturated rings. The van der Waals surface area contributed by atoms with Crippen LogP contribution in [0.3, 0.4) is 0 Å². The second kappa shape index (κ2) is 8.52. The van der Waals surface area contributed by atoms with Crippen molar-refractivity contribution in [3.63, 3.8) is 0 Å². The number of nitrogens with one attached hydrogen (secondary N) is 1. The third kappa shape index (κ3) is 4.56. The zero-order chi connectivity index (χ0) is 20.1. The van der Waals surface area contributed by atoms with Crippen LogP contribution in [0.1, 0.15) is 13.3 Å². The number of carbonyl (C=O) groups is 1. The minimum Gasteiger partial charge on any atom is -0.486 e. The SMILES string of the molecule is CC[C@@H](C(=O)NC[C@H]1COc2ccccc2O1)N(c1ccccc1)S(C)(=O)=O. The number of ether oxygens (including phenoxy) is 2. The molecule has 28 heavy (non-hydrogen) atoms. The molecule has 0 saturated carbocycles. The third-order valence-electron chi connectivity index (χ3n) is 4.41. The van der Waals surface area contributed by atoms with Gasteiger partial charge in [-0.1, -0.05) is 37.3 Å². The number of anilines is 1. The average molecular weight is 404 g/mol. The van der Waals surface area contributed by atoms with Crippen LogP contribution in [0.2, 0.25) is 0 Å². The molecule has 1 amide bonds. The molecule has 1 heterocycles. The van der Waals surface area contributed by atoms with Gasteiger partial charge in [0.05, 0.1) is 18.5 Å². The molecule has 2 aromatic rings. The first-order valence-electron chi connectivity index (χ1n) is 9.10. The number of hydrogen-bond acceptors (Lipinski definition) is 5. The molecule has 1 N–H and O–H groups in total. The number of amides is 1. The van der Waals surface area contributed by atoms with Crippen molar-refractivity contribution in [2.75, 3.05) is 23.7 Å². The summed E-state index contributed by atoms with van der Waals surface area (Å²) in [6, 6.07) is 15.1. The number of nitrogens with zero attached hydrogens (tertiary/aromatic N) is 1. The number of carbonyl (C=O) groups excluding carboxylic acids is 1. The Kier molecular flexibility index (Phi) is 6.08. The molecule has 7 nitrogen and oxygen atoms in total. The highest BCUT2D eigenvalue weighted by Gasteiger charge is 2.32. The van der Waals surface area contributed by atoms with Gasteiger partial charge < -0.3 is 14.8 Å². The van der Waals surface area contributed by atoms with Gasteiger partial charge in [0.1, 0.15) is 18.8 Å². The van der Waals surface area contributed by atoms with Crippen LogP contribution < -0.4 is 19.1 Å². The lowest BCUT2D eigenvalue weighted by molar-refractivity contribution is -0.122. The number of sulfonamides is 1. The highest BCUT2D eigenvalue weighted by atomic mass is 32.2. The lowest BCUT2D eigenvalue weighted by Crippen LogP contribution is -2.51. The van der Waals surface area contributed by atoms with Gasteiger partial charge in [-0.2, -0.15) is 0 Å². The Morgan fingerprint density at radius 1 is 1.14 bits per heavy atom. The van der Waals surface area contributed by atoms with Crippen molar-refractivity contribution in [2.45, 2.75) is 25.5 Å². The van der Waals surface area contributed by atoms with Gasteiger partial charge in [0.2, 0.25) is 15.9 Å². The topological polar surface area (TPSA) is 84.9 Å². The molecule has 1 aliphatic rings. The fourth-order valence-corrected chi connectivity index (χ4v) is 4.34. The van der Waals surface area contributed by atoms with E-state index in [-0.39, 0.29) is 18.6 Å². The van der Waals surface area contributed by atoms with E-state index in [9.17, 15) is 13.2 Å². The molecule has 0 unspecified atom stereocenters. The van der Waals surface area contributed by atoms with E-state index in [1.807, 2.05) is 18.2 Å². The highest BCUT2D eigenvalue weighted by Crippen LogP contribution is 2.30. The molecule has 8 heteroatoms. The maximum Gasteiger partial charge on any atom is 0.244 e. The van der Waals surface area contributed by atoms with Gasteiger partial charge in [0.25, 0.3) is 0 Å². The van der Waals surface area contributed by atoms with Gasteiger partial charge >= 0.3 is 0 Å². The van der Waals surface area contributed by atoms with E-state index in [2.05, 4.69) is 5.32 Å². The van der Waals surface area contributed by atoms with Crippen molar-refractivity contribution in [2.24, 2.45) is 0 Å². The molecule has 1 aliphatic heterocycles. The minimum absolute atomic E-state index is 0.218. The fourth-order valence-electron chi connectivity index (χ4n) is 3.13. The predicted octanol–water partition coefficient (Wildman–Crippen LogP) is 2.19. The van der Waals surface area contributed by atoms with Gasteiger partial charge in [0, 0.05) is 0 Å². The van der Waals surface area contributed by atoms with Gasteiger partial charge in [-0.25, -0.2) is 8.42 Å². The number of benzene rings is 2. The predicted molar refractivity (Wildman–Crippen MR) is 107 cm³/mol. The number of hydrogen-bond donors (Lipinski definition) is 1. The first kappa shape index (κ1) is 20.0. The first-order chi connectivity index (χ1) is 13.4. The van der Waals surface area contributed by atoms with Crippen LogP contribution in [-0.2, 0) is 14.8 Å². The molecule has 150 valence electrons. The van der Waals surface area contributed by atoms with E-state index in [0.717, 1.165) is 10.6 Å². The van der Waals surface area contributed by atoms with Crippen molar-refractivity contribution in [1.29, 1.82) is 0 Å². The number of rotatable bonds is 7. The molecule has 2 aromatic carbocycles. The molecule has 0 aliphatic carbocycles. The van der Waals surface area contributed by atoms with E-state index >= 15 is 0 Å². The smallest absolute Gasteiger partial charge is 0.244 e. The average Bonchev–Trinajstić information content (AvgIpc) is 2.69. The molecular formula is C20H24N2O5S. The standard InChI is InChI=1S/C20H24N2O5S/c1-3-17(22(28(2,24)25)15-9-5-4-6-10-15)20(23)21-13-16-14-26-18-11-7-8-12-19(18)27-16/h4-12,16-17H,3,13-14H2,1-2H3,(H,21,23)/t16-,17-/m0/s1. The third-order valence-corrected chi connectivity index (χ3v) is 5.59. The maximum atomic E-state index is 12.8. The summed E-state index contributed by atoms with van der Waals surface area (Å²) < 4.78 is 37.4. The van der Waals surface area contributed by atoms with Crippen LogP contribution in [0.25, 0.3) is 0 Å². The Balaban J connectivity index is 1.69. The van der Waals surface area contributed by atoms with E-state index in [0.29, 0.717) is 30.2 Å². The van der Waals surface area contributed by atoms with Crippen LogP contribution in [0.4, 0.5) is 5.69 Å². The van der Waals surface area contributed by atoms with Gasteiger partial charge in [0.15, 0.2) is 11.5 Å². The van der Waals surface area contributed by atoms with E-state index in [1.165, 1.54) is 0 Å². The molecule has 0 radical (unpaired) electrons. The Bertz CT molecular complexity index is 917. The zero-order valence-corrected chi connectivity index (χ0v) is 16.7. The van der Waals surface area contributed by atoms with Crippen LogP contribution in [0.15, 0.2) is 54.6 Å². The maximum absolute atomic E-state index is 12.8. The molecule has 0 spiro atoms. The quantitative estimate of drug-likeness (QED) is 0.765. The Morgan fingerprint density at radius 2 is 1.79 bits per heavy atom. The van der Waals surface area contributed by atoms with Crippen molar-refractivity contribution < 1.29 is 22.7 Å². The summed E-state index contributed by atoms with van der Waals surface area (Å²) in [5.74, 6) is 0.921. The Labute approximate surface area is 165 Å². The molecule has 3 rings (SSSR count). The van der Waals surface area contributed by atoms with E-state index in [1.54, 1.807) is 43.3 Å². The molecule has 2 atom stereocenters. The van der Waals surface area contributed by atoms with Crippen LogP contribution in [0, 0.1) is 0 Å². The summed E-state index contributed by atoms with van der Waals surface area (Å²) >= 11 is 0. The molecular weight excluding hydrogens is 380 g/mol. The second-order valence-electron chi connectivity index (χ2n) is 6.56. The summed E-state index contributed by atoms with van der Waals surface area (Å²) in [6.45, 7) is 2.31. The summed E-state index contributed by atoms with van der Waals surface area (Å²) in [4.78, 5) is 12.8. The summed E-state index contributed by atoms with van der Waals surface area (Å²) in [6.07, 6.45) is 1.09. The van der Waals surface area contributed by atoms with Crippen LogP contribution >= 0.6 is 0 Å². The molecule has 0 bridgehead atoms. The van der Waals surface area contributed by atoms with Crippen molar-refractivity contribution in [3.05, 3.63) is 54.6 Å². The minimum atomic E-state index is -3.64. The van der Waals surface area contributed by atoms with Crippen LogP contribution in [-0.4, -0.2) is 45.9 Å². The van der Waals surface area contributed by atoms with E-state index in [4.69, 9.17) is 9.47 Å². The number of para-hydroxylation sites is 3. The van der Waals surface area contributed by atoms with Gasteiger partial charge in [-0.15, -0.1) is 0 Å². The summed E-state index contributed by atoms with van der Waals surface area (Å²) in [7, 11) is -3.64. The summed E-state index contributed by atoms with van der Waals surface area (Å²) in [5, 5.41) is 2.81. The molecule has 0 aromatic heterocycles. The lowest BCUT2D eigenvalue weighted by Gasteiger charge is -2.31. The van der Waals surface area contributed by atoms with E-state index < -0.39 is 16.1 Å². The van der Waals surface area contributed by atoms with Crippen molar-refractivity contribution in [3.8, 4) is 11.5 Å². The normalized spacial score (nSPS) is 16.9. The largest absolute Gasteiger partial charge is 0.486 e. The summed E-state index contributed by atoms with van der Waals surface area (Å²) in [5.41, 5.74) is 0.457. The second-order valence-corrected chi connectivity index (χ2v) is 8.42.